The monoisotopic (exact) mass is 320 g/mol. The Morgan fingerprint density at radius 2 is 1.52 bits per heavy atom. The number of aliphatic carboxylic acids is 1. The van der Waals surface area contributed by atoms with Gasteiger partial charge in [-0.25, -0.2) is 9.59 Å². The molecule has 0 unspecified atom stereocenters. The molecule has 0 aliphatic heterocycles. The Hall–Kier alpha value is -1.58. The molecule has 4 heteroatoms. The largest absolute Gasteiger partial charge is 0.478 e. The molecule has 4 aliphatic rings. The summed E-state index contributed by atoms with van der Waals surface area (Å²) >= 11 is 0. The van der Waals surface area contributed by atoms with E-state index in [4.69, 9.17) is 9.84 Å². The van der Waals surface area contributed by atoms with Gasteiger partial charge < -0.3 is 9.84 Å². The van der Waals surface area contributed by atoms with Crippen molar-refractivity contribution in [3.05, 3.63) is 23.8 Å². The van der Waals surface area contributed by atoms with Crippen molar-refractivity contribution in [1.29, 1.82) is 0 Å². The first kappa shape index (κ1) is 17.8. The van der Waals surface area contributed by atoms with Gasteiger partial charge in [0, 0.05) is 11.1 Å². The lowest BCUT2D eigenvalue weighted by Gasteiger charge is -2.55. The molecule has 4 bridgehead atoms. The fourth-order valence-corrected chi connectivity index (χ4v) is 4.56. The van der Waals surface area contributed by atoms with Gasteiger partial charge in [-0.2, -0.15) is 0 Å². The Bertz CT molecular complexity index is 494. The minimum atomic E-state index is -0.845. The van der Waals surface area contributed by atoms with Gasteiger partial charge in [-0.1, -0.05) is 12.7 Å². The molecule has 1 N–H and O–H groups in total. The SMILES string of the molecule is C=C(C)C(=O)OC12CC3CC(CC(C3)C1)C2.CC=C(C)C(=O)O. The third-order valence-corrected chi connectivity index (χ3v) is 5.41. The number of carbonyl (C=O) groups excluding carboxylic acids is 1. The summed E-state index contributed by atoms with van der Waals surface area (Å²) in [5, 5.41) is 8.11. The summed E-state index contributed by atoms with van der Waals surface area (Å²) in [6, 6.07) is 0. The molecule has 0 spiro atoms. The lowest BCUT2D eigenvalue weighted by atomic mass is 9.54. The number of rotatable bonds is 3. The zero-order chi connectivity index (χ0) is 17.2. The highest BCUT2D eigenvalue weighted by Crippen LogP contribution is 2.57. The average Bonchev–Trinajstić information content (AvgIpc) is 2.44. The number of allylic oxidation sites excluding steroid dienone is 1. The Morgan fingerprint density at radius 1 is 1.09 bits per heavy atom. The molecule has 4 nitrogen and oxygen atoms in total. The van der Waals surface area contributed by atoms with Gasteiger partial charge in [0.25, 0.3) is 0 Å². The van der Waals surface area contributed by atoms with E-state index in [9.17, 15) is 9.59 Å². The van der Waals surface area contributed by atoms with Crippen LogP contribution >= 0.6 is 0 Å². The molecule has 0 amide bonds. The zero-order valence-electron chi connectivity index (χ0n) is 14.4. The van der Waals surface area contributed by atoms with E-state index in [1.165, 1.54) is 19.3 Å². The van der Waals surface area contributed by atoms with E-state index in [-0.39, 0.29) is 11.6 Å². The molecule has 23 heavy (non-hydrogen) atoms. The summed E-state index contributed by atoms with van der Waals surface area (Å²) < 4.78 is 5.77. The fraction of sp³-hybridized carbons (Fsp3) is 0.684. The summed E-state index contributed by atoms with van der Waals surface area (Å²) in [7, 11) is 0. The van der Waals surface area contributed by atoms with Gasteiger partial charge in [0.15, 0.2) is 0 Å². The second-order valence-electron chi connectivity index (χ2n) is 7.55. The molecule has 0 saturated heterocycles. The normalized spacial score (nSPS) is 34.4. The second-order valence-corrected chi connectivity index (χ2v) is 7.55. The minimum absolute atomic E-state index is 0.106. The minimum Gasteiger partial charge on any atom is -0.478 e. The van der Waals surface area contributed by atoms with Gasteiger partial charge >= 0.3 is 11.9 Å². The van der Waals surface area contributed by atoms with Crippen molar-refractivity contribution in [2.24, 2.45) is 17.8 Å². The predicted molar refractivity (Wildman–Crippen MR) is 88.9 cm³/mol. The van der Waals surface area contributed by atoms with Crippen molar-refractivity contribution in [3.8, 4) is 0 Å². The summed E-state index contributed by atoms with van der Waals surface area (Å²) in [5.41, 5.74) is 0.820. The van der Waals surface area contributed by atoms with E-state index in [1.807, 2.05) is 0 Å². The van der Waals surface area contributed by atoms with Crippen LogP contribution in [0.1, 0.15) is 59.3 Å². The smallest absolute Gasteiger partial charge is 0.333 e. The van der Waals surface area contributed by atoms with Crippen LogP contribution in [0.3, 0.4) is 0 Å². The zero-order valence-corrected chi connectivity index (χ0v) is 14.4. The van der Waals surface area contributed by atoms with Gasteiger partial charge in [0.05, 0.1) is 0 Å². The van der Waals surface area contributed by atoms with Crippen molar-refractivity contribution in [1.82, 2.24) is 0 Å². The first-order chi connectivity index (χ1) is 10.7. The van der Waals surface area contributed by atoms with Crippen LogP contribution in [0.15, 0.2) is 23.8 Å². The van der Waals surface area contributed by atoms with Crippen molar-refractivity contribution in [2.75, 3.05) is 0 Å². The standard InChI is InChI=1S/C14H20O2.C5H8O2/c1-9(2)13(15)16-14-6-10-3-11(7-14)5-12(4-10)8-14;1-3-4(2)5(6)7/h10-12H,1,3-8H2,2H3;3H,1-2H3,(H,6,7). The van der Waals surface area contributed by atoms with Crippen LogP contribution in [-0.4, -0.2) is 22.6 Å². The Morgan fingerprint density at radius 3 is 1.78 bits per heavy atom. The number of hydrogen-bond acceptors (Lipinski definition) is 3. The van der Waals surface area contributed by atoms with Gasteiger partial charge in [-0.05, 0) is 77.0 Å². The molecule has 0 radical (unpaired) electrons. The van der Waals surface area contributed by atoms with Gasteiger partial charge in [-0.3, -0.25) is 0 Å². The van der Waals surface area contributed by atoms with E-state index >= 15 is 0 Å². The number of carboxylic acids is 1. The molecule has 4 saturated carbocycles. The third kappa shape index (κ3) is 4.24. The number of carbonyl (C=O) groups is 2. The van der Waals surface area contributed by atoms with E-state index in [2.05, 4.69) is 6.58 Å². The highest BCUT2D eigenvalue weighted by Gasteiger charge is 2.53. The highest BCUT2D eigenvalue weighted by atomic mass is 16.6. The quantitative estimate of drug-likeness (QED) is 0.628. The molecule has 4 aliphatic carbocycles. The number of hydrogen-bond donors (Lipinski definition) is 1. The van der Waals surface area contributed by atoms with E-state index < -0.39 is 5.97 Å². The predicted octanol–water partition coefficient (Wildman–Crippen LogP) is 4.11. The molecule has 0 aromatic heterocycles. The van der Waals surface area contributed by atoms with E-state index in [0.717, 1.165) is 37.0 Å². The Kier molecular flexibility index (Phi) is 5.33. The lowest BCUT2D eigenvalue weighted by molar-refractivity contribution is -0.182. The van der Waals surface area contributed by atoms with Crippen molar-refractivity contribution < 1.29 is 19.4 Å². The highest BCUT2D eigenvalue weighted by molar-refractivity contribution is 5.87. The first-order valence-electron chi connectivity index (χ1n) is 8.49. The van der Waals surface area contributed by atoms with Crippen LogP contribution in [0.4, 0.5) is 0 Å². The molecular formula is C19H28O4. The molecule has 4 fully saturated rings. The summed E-state index contributed by atoms with van der Waals surface area (Å²) in [5.74, 6) is 1.45. The maximum atomic E-state index is 11.7. The summed E-state index contributed by atoms with van der Waals surface area (Å²) in [6.45, 7) is 8.67. The van der Waals surface area contributed by atoms with Crippen LogP contribution < -0.4 is 0 Å². The molecule has 0 aromatic rings. The van der Waals surface area contributed by atoms with Gasteiger partial charge in [-0.15, -0.1) is 0 Å². The van der Waals surface area contributed by atoms with Crippen molar-refractivity contribution >= 4 is 11.9 Å². The van der Waals surface area contributed by atoms with Crippen LogP contribution in [0, 0.1) is 17.8 Å². The molecule has 128 valence electrons. The Labute approximate surface area is 138 Å². The van der Waals surface area contributed by atoms with Gasteiger partial charge in [0.1, 0.15) is 5.60 Å². The third-order valence-electron chi connectivity index (χ3n) is 5.41. The van der Waals surface area contributed by atoms with E-state index in [1.54, 1.807) is 26.8 Å². The van der Waals surface area contributed by atoms with Crippen LogP contribution in [0.25, 0.3) is 0 Å². The molecule has 4 rings (SSSR count). The van der Waals surface area contributed by atoms with Crippen LogP contribution in [-0.2, 0) is 14.3 Å². The Balaban J connectivity index is 0.000000236. The maximum absolute atomic E-state index is 11.7. The number of ether oxygens (including phenoxy) is 1. The topological polar surface area (TPSA) is 63.6 Å². The summed E-state index contributed by atoms with van der Waals surface area (Å²) in [6.07, 6.45) is 9.02. The van der Waals surface area contributed by atoms with Crippen molar-refractivity contribution in [2.45, 2.75) is 64.9 Å². The lowest BCUT2D eigenvalue weighted by Crippen LogP contribution is -2.52. The molecule has 0 atom stereocenters. The second kappa shape index (κ2) is 6.90. The average molecular weight is 320 g/mol. The fourth-order valence-electron chi connectivity index (χ4n) is 4.56. The van der Waals surface area contributed by atoms with E-state index in [0.29, 0.717) is 11.1 Å². The van der Waals surface area contributed by atoms with Gasteiger partial charge in [0.2, 0.25) is 0 Å². The van der Waals surface area contributed by atoms with Crippen LogP contribution in [0.2, 0.25) is 0 Å². The van der Waals surface area contributed by atoms with Crippen molar-refractivity contribution in [3.63, 3.8) is 0 Å². The van der Waals surface area contributed by atoms with Crippen LogP contribution in [0.5, 0.6) is 0 Å². The maximum Gasteiger partial charge on any atom is 0.333 e. The summed E-state index contributed by atoms with van der Waals surface area (Å²) in [4.78, 5) is 21.6. The number of esters is 1. The number of carboxylic acid groups (broad SMARTS) is 1. The molecule has 0 aromatic carbocycles. The molecular weight excluding hydrogens is 292 g/mol. The first-order valence-corrected chi connectivity index (χ1v) is 8.49. The molecule has 0 heterocycles.